The van der Waals surface area contributed by atoms with Gasteiger partial charge in [-0.15, -0.1) is 0 Å². The van der Waals surface area contributed by atoms with Gasteiger partial charge in [0.15, 0.2) is 6.54 Å². The van der Waals surface area contributed by atoms with Crippen LogP contribution in [0.5, 0.6) is 0 Å². The number of benzene rings is 3. The number of rotatable bonds is 7. The molecular weight excluding hydrogens is 432 g/mol. The van der Waals surface area contributed by atoms with Crippen LogP contribution in [0.2, 0.25) is 0 Å². The van der Waals surface area contributed by atoms with Crippen molar-refractivity contribution in [1.82, 2.24) is 5.43 Å². The fraction of sp³-hybridized carbons (Fsp3) is 0.0909. The number of amides is 2. The number of hydrogen-bond acceptors (Lipinski definition) is 3. The Morgan fingerprint density at radius 3 is 2.28 bits per heavy atom. The Hall–Kier alpha value is -3.00. The molecule has 148 valence electrons. The molecule has 7 heteroatoms. The Labute approximate surface area is 177 Å². The van der Waals surface area contributed by atoms with Gasteiger partial charge < -0.3 is 10.6 Å². The number of nitrogens with one attached hydrogen (secondary N) is 2. The molecular formula is C22H22BrN4O2+. The van der Waals surface area contributed by atoms with Gasteiger partial charge in [0.05, 0.1) is 5.69 Å². The molecule has 29 heavy (non-hydrogen) atoms. The molecule has 6 nitrogen and oxygen atoms in total. The van der Waals surface area contributed by atoms with Crippen molar-refractivity contribution in [3.05, 3.63) is 100 Å². The Morgan fingerprint density at radius 2 is 1.62 bits per heavy atom. The predicted molar refractivity (Wildman–Crippen MR) is 116 cm³/mol. The molecule has 0 fully saturated rings. The molecule has 0 aromatic heterocycles. The molecule has 0 aliphatic carbocycles. The highest BCUT2D eigenvalue weighted by atomic mass is 79.9. The molecule has 0 saturated heterocycles. The second-order valence-electron chi connectivity index (χ2n) is 6.45. The van der Waals surface area contributed by atoms with Gasteiger partial charge in [0.2, 0.25) is 0 Å². The van der Waals surface area contributed by atoms with E-state index in [0.717, 1.165) is 15.6 Å². The molecule has 0 spiro atoms. The summed E-state index contributed by atoms with van der Waals surface area (Å²) < 4.78 is 0.878. The van der Waals surface area contributed by atoms with Crippen LogP contribution in [0.3, 0.4) is 0 Å². The van der Waals surface area contributed by atoms with Gasteiger partial charge in [0.25, 0.3) is 11.8 Å². The fourth-order valence-electron chi connectivity index (χ4n) is 3.08. The maximum atomic E-state index is 12.7. The number of hydrazine groups is 1. The van der Waals surface area contributed by atoms with E-state index >= 15 is 0 Å². The summed E-state index contributed by atoms with van der Waals surface area (Å²) in [6, 6.07) is 24.3. The summed E-state index contributed by atoms with van der Waals surface area (Å²) in [5, 5.41) is 4.89. The number of quaternary nitrogens is 1. The van der Waals surface area contributed by atoms with Crippen LogP contribution in [0.4, 0.5) is 5.69 Å². The number of hydrogen-bond donors (Lipinski definition) is 4. The summed E-state index contributed by atoms with van der Waals surface area (Å²) in [6.45, 7) is 0.147. The van der Waals surface area contributed by atoms with E-state index in [4.69, 9.17) is 5.84 Å². The average molecular weight is 454 g/mol. The first-order chi connectivity index (χ1) is 14.1. The van der Waals surface area contributed by atoms with Crippen LogP contribution < -0.4 is 21.9 Å². The van der Waals surface area contributed by atoms with Gasteiger partial charge in [-0.2, -0.15) is 0 Å². The van der Waals surface area contributed by atoms with Gasteiger partial charge in [0.1, 0.15) is 6.04 Å². The van der Waals surface area contributed by atoms with Gasteiger partial charge in [-0.05, 0) is 30.3 Å². The largest absolute Gasteiger partial charge is 0.328 e. The maximum Gasteiger partial charge on any atom is 0.288 e. The molecule has 2 amide bonds. The summed E-state index contributed by atoms with van der Waals surface area (Å²) >= 11 is 3.52. The normalized spacial score (nSPS) is 11.5. The zero-order chi connectivity index (χ0) is 20.6. The van der Waals surface area contributed by atoms with Crippen molar-refractivity contribution in [3.8, 4) is 0 Å². The van der Waals surface area contributed by atoms with E-state index < -0.39 is 0 Å². The van der Waals surface area contributed by atoms with Crippen LogP contribution in [0.1, 0.15) is 27.5 Å². The highest BCUT2D eigenvalue weighted by Gasteiger charge is 2.23. The van der Waals surface area contributed by atoms with E-state index in [1.807, 2.05) is 72.0 Å². The third-order valence-electron chi connectivity index (χ3n) is 4.49. The summed E-state index contributed by atoms with van der Waals surface area (Å²) in [5.41, 5.74) is 5.29. The van der Waals surface area contributed by atoms with Gasteiger partial charge in [-0.25, -0.2) is 5.84 Å². The highest BCUT2D eigenvalue weighted by Crippen LogP contribution is 2.29. The van der Waals surface area contributed by atoms with E-state index in [2.05, 4.69) is 26.7 Å². The lowest BCUT2D eigenvalue weighted by Crippen LogP contribution is -2.88. The second-order valence-corrected chi connectivity index (χ2v) is 7.36. The van der Waals surface area contributed by atoms with E-state index in [-0.39, 0.29) is 24.4 Å². The zero-order valence-corrected chi connectivity index (χ0v) is 17.2. The van der Waals surface area contributed by atoms with E-state index in [1.54, 1.807) is 12.1 Å². The van der Waals surface area contributed by atoms with E-state index in [0.29, 0.717) is 11.3 Å². The predicted octanol–water partition coefficient (Wildman–Crippen LogP) is 2.34. The van der Waals surface area contributed by atoms with Crippen molar-refractivity contribution in [3.63, 3.8) is 0 Å². The summed E-state index contributed by atoms with van der Waals surface area (Å²) in [4.78, 5) is 24.5. The van der Waals surface area contributed by atoms with Gasteiger partial charge in [-0.3, -0.25) is 15.0 Å². The number of halogens is 1. The first-order valence-electron chi connectivity index (χ1n) is 9.12. The van der Waals surface area contributed by atoms with Crippen LogP contribution >= 0.6 is 15.9 Å². The monoisotopic (exact) mass is 453 g/mol. The first-order valence-corrected chi connectivity index (χ1v) is 9.91. The highest BCUT2D eigenvalue weighted by molar-refractivity contribution is 9.10. The fourth-order valence-corrected chi connectivity index (χ4v) is 3.45. The molecule has 0 aliphatic rings. The lowest BCUT2D eigenvalue weighted by atomic mass is 9.96. The third kappa shape index (κ3) is 5.51. The Bertz CT molecular complexity index is 981. The minimum atomic E-state index is -0.282. The second kappa shape index (κ2) is 9.97. The molecule has 0 aliphatic heterocycles. The van der Waals surface area contributed by atoms with Crippen molar-refractivity contribution in [2.75, 3.05) is 11.9 Å². The van der Waals surface area contributed by atoms with Gasteiger partial charge >= 0.3 is 0 Å². The lowest BCUT2D eigenvalue weighted by Gasteiger charge is -2.20. The quantitative estimate of drug-likeness (QED) is 0.251. The smallest absolute Gasteiger partial charge is 0.288 e. The number of nitrogens with two attached hydrogens (primary N) is 2. The average Bonchev–Trinajstić information content (AvgIpc) is 2.76. The van der Waals surface area contributed by atoms with Crippen LogP contribution in [-0.4, -0.2) is 18.4 Å². The first kappa shape index (κ1) is 20.7. The topological polar surface area (TPSA) is 101 Å². The molecule has 3 aromatic rings. The van der Waals surface area contributed by atoms with Crippen molar-refractivity contribution in [1.29, 1.82) is 0 Å². The van der Waals surface area contributed by atoms with Crippen LogP contribution in [0, 0.1) is 0 Å². The van der Waals surface area contributed by atoms with Gasteiger partial charge in [-0.1, -0.05) is 64.5 Å². The van der Waals surface area contributed by atoms with Crippen molar-refractivity contribution < 1.29 is 14.9 Å². The Balaban J connectivity index is 1.97. The molecule has 3 rings (SSSR count). The summed E-state index contributed by atoms with van der Waals surface area (Å²) in [5.74, 6) is 4.76. The van der Waals surface area contributed by atoms with Crippen LogP contribution in [0.15, 0.2) is 83.3 Å². The van der Waals surface area contributed by atoms with Gasteiger partial charge in [0, 0.05) is 21.2 Å². The molecule has 1 unspecified atom stereocenters. The molecule has 0 heterocycles. The minimum absolute atomic E-state index is 0.147. The molecule has 3 aromatic carbocycles. The van der Waals surface area contributed by atoms with E-state index in [9.17, 15) is 9.59 Å². The van der Waals surface area contributed by atoms with Crippen molar-refractivity contribution >= 4 is 33.4 Å². The van der Waals surface area contributed by atoms with Crippen LogP contribution in [0.25, 0.3) is 0 Å². The summed E-state index contributed by atoms with van der Waals surface area (Å²) in [7, 11) is 0. The molecule has 0 saturated carbocycles. The standard InChI is InChI=1S/C22H21BrN4O2/c23-17-11-12-19(26-22(29)16-9-5-2-6-10-16)18(13-17)21(25-14-20(28)27-24)15-7-3-1-4-8-15/h1-13,21,25H,14,24H2,(H,26,29)(H,27,28)/p+1. The van der Waals surface area contributed by atoms with E-state index in [1.165, 1.54) is 0 Å². The maximum absolute atomic E-state index is 12.7. The summed E-state index contributed by atoms with van der Waals surface area (Å²) in [6.07, 6.45) is 0. The Kier molecular flexibility index (Phi) is 7.13. The molecule has 0 radical (unpaired) electrons. The van der Waals surface area contributed by atoms with Crippen molar-refractivity contribution in [2.24, 2.45) is 5.84 Å². The zero-order valence-electron chi connectivity index (χ0n) is 15.6. The molecule has 6 N–H and O–H groups in total. The lowest BCUT2D eigenvalue weighted by molar-refractivity contribution is -0.676. The molecule has 0 bridgehead atoms. The third-order valence-corrected chi connectivity index (χ3v) is 4.98. The number of carbonyl (C=O) groups is 2. The number of carbonyl (C=O) groups excluding carboxylic acids is 2. The SMILES string of the molecule is NNC(=O)C[NH2+]C(c1ccccc1)c1cc(Br)ccc1NC(=O)c1ccccc1. The van der Waals surface area contributed by atoms with Crippen molar-refractivity contribution in [2.45, 2.75) is 6.04 Å². The minimum Gasteiger partial charge on any atom is -0.328 e. The van der Waals surface area contributed by atoms with Crippen LogP contribution in [-0.2, 0) is 4.79 Å². The molecule has 1 atom stereocenters. The number of anilines is 1. The Morgan fingerprint density at radius 1 is 0.966 bits per heavy atom.